The topological polar surface area (TPSA) is 38.3 Å². The summed E-state index contributed by atoms with van der Waals surface area (Å²) >= 11 is 6.05. The van der Waals surface area contributed by atoms with Gasteiger partial charge in [0.1, 0.15) is 5.75 Å². The number of nitrogens with one attached hydrogen (secondary N) is 1. The third-order valence-electron chi connectivity index (χ3n) is 3.24. The van der Waals surface area contributed by atoms with Crippen LogP contribution in [0.4, 0.5) is 5.69 Å². The van der Waals surface area contributed by atoms with E-state index in [1.54, 1.807) is 13.2 Å². The highest BCUT2D eigenvalue weighted by molar-refractivity contribution is 6.31. The Kier molecular flexibility index (Phi) is 4.86. The molecule has 0 aliphatic carbocycles. The number of aryl methyl sites for hydroxylation is 2. The predicted molar refractivity (Wildman–Crippen MR) is 86.3 cm³/mol. The lowest BCUT2D eigenvalue weighted by Crippen LogP contribution is -2.15. The van der Waals surface area contributed by atoms with Crippen LogP contribution >= 0.6 is 11.6 Å². The number of halogens is 1. The minimum atomic E-state index is -0.0844. The number of carbonyl (C=O) groups excluding carboxylic acids is 1. The van der Waals surface area contributed by atoms with E-state index in [1.165, 1.54) is 5.56 Å². The third-order valence-corrected chi connectivity index (χ3v) is 3.65. The highest BCUT2D eigenvalue weighted by atomic mass is 35.5. The molecule has 0 bridgehead atoms. The lowest BCUT2D eigenvalue weighted by atomic mass is 10.1. The Labute approximate surface area is 129 Å². The first-order valence-electron chi connectivity index (χ1n) is 6.69. The maximum absolute atomic E-state index is 12.1. The molecule has 0 radical (unpaired) electrons. The highest BCUT2D eigenvalue weighted by Crippen LogP contribution is 2.31. The van der Waals surface area contributed by atoms with Gasteiger partial charge in [0.25, 0.3) is 0 Å². The predicted octanol–water partition coefficient (Wildman–Crippen LogP) is 4.15. The fourth-order valence-corrected chi connectivity index (χ4v) is 2.17. The lowest BCUT2D eigenvalue weighted by molar-refractivity contribution is -0.115. The molecule has 0 aliphatic rings. The zero-order valence-corrected chi connectivity index (χ0v) is 13.1. The van der Waals surface area contributed by atoms with Crippen LogP contribution in [0.1, 0.15) is 16.7 Å². The monoisotopic (exact) mass is 303 g/mol. The van der Waals surface area contributed by atoms with E-state index < -0.39 is 0 Å². The fourth-order valence-electron chi connectivity index (χ4n) is 2.02. The second-order valence-corrected chi connectivity index (χ2v) is 5.42. The van der Waals surface area contributed by atoms with Crippen LogP contribution in [0.2, 0.25) is 5.02 Å². The van der Waals surface area contributed by atoms with Gasteiger partial charge in [0.05, 0.1) is 19.2 Å². The molecule has 0 saturated carbocycles. The van der Waals surface area contributed by atoms with E-state index in [0.717, 1.165) is 11.1 Å². The molecule has 0 heterocycles. The number of carbonyl (C=O) groups is 1. The van der Waals surface area contributed by atoms with Gasteiger partial charge in [-0.1, -0.05) is 41.4 Å². The summed E-state index contributed by atoms with van der Waals surface area (Å²) < 4.78 is 5.25. The first-order valence-corrected chi connectivity index (χ1v) is 7.07. The molecule has 0 unspecified atom stereocenters. The van der Waals surface area contributed by atoms with Crippen LogP contribution in [0.15, 0.2) is 36.4 Å². The molecule has 21 heavy (non-hydrogen) atoms. The van der Waals surface area contributed by atoms with E-state index in [4.69, 9.17) is 16.3 Å². The van der Waals surface area contributed by atoms with E-state index in [1.807, 2.05) is 44.2 Å². The molecule has 1 amide bonds. The number of benzene rings is 2. The second-order valence-electron chi connectivity index (χ2n) is 5.01. The largest absolute Gasteiger partial charge is 0.495 e. The van der Waals surface area contributed by atoms with Crippen LogP contribution in [0.5, 0.6) is 5.75 Å². The van der Waals surface area contributed by atoms with E-state index >= 15 is 0 Å². The van der Waals surface area contributed by atoms with Gasteiger partial charge in [0, 0.05) is 11.1 Å². The summed E-state index contributed by atoms with van der Waals surface area (Å²) in [5, 5.41) is 3.48. The summed E-state index contributed by atoms with van der Waals surface area (Å²) in [5.74, 6) is 0.474. The van der Waals surface area contributed by atoms with Crippen LogP contribution in [-0.4, -0.2) is 13.0 Å². The van der Waals surface area contributed by atoms with Crippen molar-refractivity contribution in [1.29, 1.82) is 0 Å². The first-order chi connectivity index (χ1) is 9.99. The van der Waals surface area contributed by atoms with Gasteiger partial charge in [-0.15, -0.1) is 0 Å². The third kappa shape index (κ3) is 3.99. The Morgan fingerprint density at radius 1 is 1.19 bits per heavy atom. The van der Waals surface area contributed by atoms with Crippen molar-refractivity contribution in [3.05, 3.63) is 58.1 Å². The summed E-state index contributed by atoms with van der Waals surface area (Å²) in [6.07, 6.45) is 0.325. The minimum absolute atomic E-state index is 0.0844. The quantitative estimate of drug-likeness (QED) is 0.921. The Bertz CT molecular complexity index is 651. The molecule has 0 fully saturated rings. The van der Waals surface area contributed by atoms with Crippen molar-refractivity contribution in [3.63, 3.8) is 0 Å². The SMILES string of the molecule is COc1cc(Cl)c(C)cc1NC(=O)Cc1ccc(C)cc1. The van der Waals surface area contributed by atoms with Gasteiger partial charge >= 0.3 is 0 Å². The number of anilines is 1. The fraction of sp³-hybridized carbons (Fsp3) is 0.235. The maximum atomic E-state index is 12.1. The van der Waals surface area contributed by atoms with Gasteiger partial charge < -0.3 is 10.1 Å². The van der Waals surface area contributed by atoms with Gasteiger partial charge in [-0.25, -0.2) is 0 Å². The van der Waals surface area contributed by atoms with Gasteiger partial charge in [-0.3, -0.25) is 4.79 Å². The molecule has 0 spiro atoms. The molecular weight excluding hydrogens is 286 g/mol. The molecule has 1 N–H and O–H groups in total. The molecule has 0 atom stereocenters. The molecular formula is C17H18ClNO2. The van der Waals surface area contributed by atoms with Crippen molar-refractivity contribution in [3.8, 4) is 5.75 Å². The Hall–Kier alpha value is -2.00. The summed E-state index contributed by atoms with van der Waals surface area (Å²) in [5.41, 5.74) is 3.68. The number of hydrogen-bond donors (Lipinski definition) is 1. The summed E-state index contributed by atoms with van der Waals surface area (Å²) in [6, 6.07) is 11.4. The summed E-state index contributed by atoms with van der Waals surface area (Å²) in [7, 11) is 1.55. The zero-order valence-electron chi connectivity index (χ0n) is 12.4. The van der Waals surface area contributed by atoms with Crippen LogP contribution in [0.3, 0.4) is 0 Å². The molecule has 110 valence electrons. The number of methoxy groups -OCH3 is 1. The Balaban J connectivity index is 2.12. The van der Waals surface area contributed by atoms with Crippen LogP contribution < -0.4 is 10.1 Å². The molecule has 2 aromatic carbocycles. The lowest BCUT2D eigenvalue weighted by Gasteiger charge is -2.12. The van der Waals surface area contributed by atoms with Crippen LogP contribution in [0, 0.1) is 13.8 Å². The van der Waals surface area contributed by atoms with Crippen molar-refractivity contribution >= 4 is 23.2 Å². The average molecular weight is 304 g/mol. The number of hydrogen-bond acceptors (Lipinski definition) is 2. The Morgan fingerprint density at radius 3 is 2.48 bits per heavy atom. The molecule has 0 saturated heterocycles. The zero-order chi connectivity index (χ0) is 15.4. The van der Waals surface area contributed by atoms with Gasteiger partial charge in [0.2, 0.25) is 5.91 Å². The molecule has 4 heteroatoms. The van der Waals surface area contributed by atoms with Crippen molar-refractivity contribution < 1.29 is 9.53 Å². The Morgan fingerprint density at radius 2 is 1.86 bits per heavy atom. The van der Waals surface area contributed by atoms with E-state index in [2.05, 4.69) is 5.32 Å². The van der Waals surface area contributed by atoms with Gasteiger partial charge in [-0.2, -0.15) is 0 Å². The summed E-state index contributed by atoms with van der Waals surface area (Å²) in [4.78, 5) is 12.1. The van der Waals surface area contributed by atoms with Crippen molar-refractivity contribution in [2.75, 3.05) is 12.4 Å². The van der Waals surface area contributed by atoms with E-state index in [-0.39, 0.29) is 5.91 Å². The first kappa shape index (κ1) is 15.4. The number of amides is 1. The standard InChI is InChI=1S/C17H18ClNO2/c1-11-4-6-13(7-5-11)9-17(20)19-15-8-12(2)14(18)10-16(15)21-3/h4-8,10H,9H2,1-3H3,(H,19,20). The average Bonchev–Trinajstić information content (AvgIpc) is 2.45. The number of rotatable bonds is 4. The summed E-state index contributed by atoms with van der Waals surface area (Å²) in [6.45, 7) is 3.91. The van der Waals surface area contributed by atoms with E-state index in [0.29, 0.717) is 22.9 Å². The highest BCUT2D eigenvalue weighted by Gasteiger charge is 2.10. The van der Waals surface area contributed by atoms with Gasteiger partial charge in [-0.05, 0) is 31.0 Å². The van der Waals surface area contributed by atoms with Crippen LogP contribution in [0.25, 0.3) is 0 Å². The normalized spacial score (nSPS) is 10.3. The maximum Gasteiger partial charge on any atom is 0.228 e. The molecule has 2 aromatic rings. The van der Waals surface area contributed by atoms with Crippen molar-refractivity contribution in [2.24, 2.45) is 0 Å². The van der Waals surface area contributed by atoms with Crippen LogP contribution in [-0.2, 0) is 11.2 Å². The molecule has 2 rings (SSSR count). The van der Waals surface area contributed by atoms with Gasteiger partial charge in [0.15, 0.2) is 0 Å². The minimum Gasteiger partial charge on any atom is -0.495 e. The van der Waals surface area contributed by atoms with Crippen molar-refractivity contribution in [2.45, 2.75) is 20.3 Å². The molecule has 0 aromatic heterocycles. The van der Waals surface area contributed by atoms with Crippen molar-refractivity contribution in [1.82, 2.24) is 0 Å². The molecule has 0 aliphatic heterocycles. The number of ether oxygens (including phenoxy) is 1. The second kappa shape index (κ2) is 6.64. The van der Waals surface area contributed by atoms with E-state index in [9.17, 15) is 4.79 Å². The smallest absolute Gasteiger partial charge is 0.228 e. The molecule has 3 nitrogen and oxygen atoms in total.